The lowest BCUT2D eigenvalue weighted by molar-refractivity contribution is 0.868. The summed E-state index contributed by atoms with van der Waals surface area (Å²) in [6.45, 7) is 3.99. The quantitative estimate of drug-likeness (QED) is 0.842. The highest BCUT2D eigenvalue weighted by Gasteiger charge is 2.09. The van der Waals surface area contributed by atoms with Gasteiger partial charge < -0.3 is 5.32 Å². The van der Waals surface area contributed by atoms with Crippen molar-refractivity contribution < 1.29 is 0 Å². The Morgan fingerprint density at radius 1 is 1.18 bits per heavy atom. The summed E-state index contributed by atoms with van der Waals surface area (Å²) < 4.78 is 0. The van der Waals surface area contributed by atoms with E-state index in [1.807, 2.05) is 25.1 Å². The van der Waals surface area contributed by atoms with E-state index in [2.05, 4.69) is 34.3 Å². The maximum Gasteiger partial charge on any atom is 0.137 e. The van der Waals surface area contributed by atoms with Crippen LogP contribution in [0, 0.1) is 6.92 Å². The molecule has 3 nitrogen and oxygen atoms in total. The van der Waals surface area contributed by atoms with Crippen molar-refractivity contribution in [3.05, 3.63) is 52.9 Å². The van der Waals surface area contributed by atoms with Crippen molar-refractivity contribution >= 4 is 17.4 Å². The third-order valence-electron chi connectivity index (χ3n) is 2.68. The van der Waals surface area contributed by atoms with Crippen molar-refractivity contribution in [2.75, 3.05) is 5.32 Å². The highest BCUT2D eigenvalue weighted by molar-refractivity contribution is 6.30. The van der Waals surface area contributed by atoms with E-state index in [9.17, 15) is 0 Å². The summed E-state index contributed by atoms with van der Waals surface area (Å²) in [6.07, 6.45) is 1.47. The lowest BCUT2D eigenvalue weighted by atomic mass is 10.1. The van der Waals surface area contributed by atoms with Crippen LogP contribution in [0.25, 0.3) is 0 Å². The average Bonchev–Trinajstić information content (AvgIpc) is 2.36. The summed E-state index contributed by atoms with van der Waals surface area (Å²) in [5.74, 6) is 0.779. The van der Waals surface area contributed by atoms with Crippen LogP contribution in [-0.2, 0) is 0 Å². The standard InChI is InChI=1S/C13H14ClN3/c1-9-12(14)15-8-16-13(9)17-10(2)11-6-4-3-5-7-11/h3-8,10H,1-2H3,(H,15,16,17). The lowest BCUT2D eigenvalue weighted by Crippen LogP contribution is -2.09. The first kappa shape index (κ1) is 11.9. The highest BCUT2D eigenvalue weighted by atomic mass is 35.5. The molecule has 4 heteroatoms. The van der Waals surface area contributed by atoms with Gasteiger partial charge in [-0.2, -0.15) is 0 Å². The van der Waals surface area contributed by atoms with E-state index in [1.165, 1.54) is 11.9 Å². The number of hydrogen-bond donors (Lipinski definition) is 1. The number of anilines is 1. The van der Waals surface area contributed by atoms with Gasteiger partial charge in [-0.3, -0.25) is 0 Å². The van der Waals surface area contributed by atoms with E-state index < -0.39 is 0 Å². The smallest absolute Gasteiger partial charge is 0.137 e. The summed E-state index contributed by atoms with van der Waals surface area (Å²) in [5.41, 5.74) is 2.08. The molecule has 1 heterocycles. The van der Waals surface area contributed by atoms with Crippen LogP contribution in [-0.4, -0.2) is 9.97 Å². The Bertz CT molecular complexity index is 499. The molecule has 17 heavy (non-hydrogen) atoms. The maximum atomic E-state index is 5.95. The number of nitrogens with one attached hydrogen (secondary N) is 1. The second kappa shape index (κ2) is 5.15. The van der Waals surface area contributed by atoms with Crippen molar-refractivity contribution in [3.8, 4) is 0 Å². The fourth-order valence-corrected chi connectivity index (χ4v) is 1.74. The summed E-state index contributed by atoms with van der Waals surface area (Å²) in [7, 11) is 0. The van der Waals surface area contributed by atoms with Gasteiger partial charge in [-0.25, -0.2) is 9.97 Å². The first-order chi connectivity index (χ1) is 8.18. The van der Waals surface area contributed by atoms with Gasteiger partial charge in [-0.05, 0) is 19.4 Å². The number of benzene rings is 1. The number of hydrogen-bond acceptors (Lipinski definition) is 3. The van der Waals surface area contributed by atoms with Crippen LogP contribution in [0.15, 0.2) is 36.7 Å². The van der Waals surface area contributed by atoms with Crippen molar-refractivity contribution in [1.29, 1.82) is 0 Å². The van der Waals surface area contributed by atoms with Crippen LogP contribution in [0.3, 0.4) is 0 Å². The summed E-state index contributed by atoms with van der Waals surface area (Å²) in [5, 5.41) is 3.82. The predicted molar refractivity (Wildman–Crippen MR) is 70.3 cm³/mol. The van der Waals surface area contributed by atoms with E-state index in [0.29, 0.717) is 5.15 Å². The molecule has 1 atom stereocenters. The molecular weight excluding hydrogens is 234 g/mol. The van der Waals surface area contributed by atoms with E-state index in [-0.39, 0.29) is 6.04 Å². The van der Waals surface area contributed by atoms with Gasteiger partial charge in [0.25, 0.3) is 0 Å². The molecule has 0 aliphatic carbocycles. The van der Waals surface area contributed by atoms with Crippen molar-refractivity contribution in [1.82, 2.24) is 9.97 Å². The molecule has 1 unspecified atom stereocenters. The molecule has 0 saturated carbocycles. The van der Waals surface area contributed by atoms with Gasteiger partial charge in [0.05, 0.1) is 0 Å². The summed E-state index contributed by atoms with van der Waals surface area (Å²) in [4.78, 5) is 8.13. The second-order valence-electron chi connectivity index (χ2n) is 3.91. The Hall–Kier alpha value is -1.61. The monoisotopic (exact) mass is 247 g/mol. The molecule has 0 bridgehead atoms. The van der Waals surface area contributed by atoms with Gasteiger partial charge in [0.15, 0.2) is 0 Å². The molecule has 0 saturated heterocycles. The first-order valence-electron chi connectivity index (χ1n) is 5.47. The summed E-state index contributed by atoms with van der Waals surface area (Å²) >= 11 is 5.95. The van der Waals surface area contributed by atoms with Crippen LogP contribution in [0.5, 0.6) is 0 Å². The Morgan fingerprint density at radius 2 is 1.88 bits per heavy atom. The Labute approximate surface area is 106 Å². The number of halogens is 1. The molecule has 1 N–H and O–H groups in total. The Balaban J connectivity index is 2.19. The third kappa shape index (κ3) is 2.74. The zero-order valence-electron chi connectivity index (χ0n) is 9.81. The lowest BCUT2D eigenvalue weighted by Gasteiger charge is -2.16. The minimum absolute atomic E-state index is 0.181. The molecule has 0 aliphatic rings. The molecule has 2 rings (SSSR count). The van der Waals surface area contributed by atoms with Crippen molar-refractivity contribution in [3.63, 3.8) is 0 Å². The van der Waals surface area contributed by atoms with Gasteiger partial charge >= 0.3 is 0 Å². The van der Waals surface area contributed by atoms with Crippen LogP contribution in [0.4, 0.5) is 5.82 Å². The van der Waals surface area contributed by atoms with Gasteiger partial charge in [0, 0.05) is 11.6 Å². The molecule has 0 aliphatic heterocycles. The molecule has 2 aromatic rings. The van der Waals surface area contributed by atoms with Crippen LogP contribution < -0.4 is 5.32 Å². The van der Waals surface area contributed by atoms with E-state index >= 15 is 0 Å². The SMILES string of the molecule is Cc1c(Cl)ncnc1NC(C)c1ccccc1. The van der Waals surface area contributed by atoms with E-state index in [1.54, 1.807) is 0 Å². The number of nitrogens with zero attached hydrogens (tertiary/aromatic N) is 2. The van der Waals surface area contributed by atoms with E-state index in [4.69, 9.17) is 11.6 Å². The first-order valence-corrected chi connectivity index (χ1v) is 5.85. The average molecular weight is 248 g/mol. The van der Waals surface area contributed by atoms with Crippen LogP contribution >= 0.6 is 11.6 Å². The number of rotatable bonds is 3. The normalized spacial score (nSPS) is 12.2. The molecule has 0 radical (unpaired) electrons. The zero-order chi connectivity index (χ0) is 12.3. The molecule has 0 amide bonds. The molecule has 88 valence electrons. The molecule has 0 spiro atoms. The molecule has 1 aromatic heterocycles. The number of aromatic nitrogens is 2. The zero-order valence-corrected chi connectivity index (χ0v) is 10.6. The fraction of sp³-hybridized carbons (Fsp3) is 0.231. The minimum Gasteiger partial charge on any atom is -0.363 e. The topological polar surface area (TPSA) is 37.8 Å². The third-order valence-corrected chi connectivity index (χ3v) is 3.06. The van der Waals surface area contributed by atoms with Crippen LogP contribution in [0.2, 0.25) is 5.15 Å². The van der Waals surface area contributed by atoms with Crippen molar-refractivity contribution in [2.45, 2.75) is 19.9 Å². The van der Waals surface area contributed by atoms with Gasteiger partial charge in [-0.15, -0.1) is 0 Å². The largest absolute Gasteiger partial charge is 0.363 e. The highest BCUT2D eigenvalue weighted by Crippen LogP contribution is 2.22. The minimum atomic E-state index is 0.181. The summed E-state index contributed by atoms with van der Waals surface area (Å²) in [6, 6.07) is 10.4. The maximum absolute atomic E-state index is 5.95. The molecular formula is C13H14ClN3. The Morgan fingerprint density at radius 3 is 2.59 bits per heavy atom. The fourth-order valence-electron chi connectivity index (χ4n) is 1.60. The predicted octanol–water partition coefficient (Wildman–Crippen LogP) is 3.61. The van der Waals surface area contributed by atoms with Gasteiger partial charge in [-0.1, -0.05) is 41.9 Å². The molecule has 1 aromatic carbocycles. The van der Waals surface area contributed by atoms with Crippen LogP contribution in [0.1, 0.15) is 24.1 Å². The van der Waals surface area contributed by atoms with Gasteiger partial charge in [0.1, 0.15) is 17.3 Å². The Kier molecular flexibility index (Phi) is 3.59. The molecule has 0 fully saturated rings. The van der Waals surface area contributed by atoms with Gasteiger partial charge in [0.2, 0.25) is 0 Å². The van der Waals surface area contributed by atoms with Crippen molar-refractivity contribution in [2.24, 2.45) is 0 Å². The second-order valence-corrected chi connectivity index (χ2v) is 4.27. The van der Waals surface area contributed by atoms with E-state index in [0.717, 1.165) is 11.4 Å².